The van der Waals surface area contributed by atoms with Crippen molar-refractivity contribution >= 4 is 40.6 Å². The number of carbonyl (C=O) groups excluding carboxylic acids is 3. The van der Waals surface area contributed by atoms with Crippen LogP contribution in [0, 0.1) is 13.8 Å². The molecule has 3 amide bonds. The Labute approximate surface area is 220 Å². The highest BCUT2D eigenvalue weighted by atomic mass is 32.1. The van der Waals surface area contributed by atoms with E-state index in [0.717, 1.165) is 48.3 Å². The maximum absolute atomic E-state index is 14.2. The van der Waals surface area contributed by atoms with Crippen LogP contribution in [0.5, 0.6) is 5.75 Å². The molecule has 2 aromatic carbocycles. The molecule has 3 aromatic rings. The SMILES string of the molecule is COc1ccc(C)cc1N(C(=O)c1snc(C(N)=O)c1N)[C@H](C(=O)NC1CCCC1)c1ccc(C)cc1. The molecule has 1 saturated carbocycles. The van der Waals surface area contributed by atoms with Gasteiger partial charge in [-0.3, -0.25) is 19.3 Å². The van der Waals surface area contributed by atoms with Crippen molar-refractivity contribution < 1.29 is 19.1 Å². The molecular formula is C27H31N5O4S. The molecule has 9 nitrogen and oxygen atoms in total. The summed E-state index contributed by atoms with van der Waals surface area (Å²) in [6.07, 6.45) is 3.86. The van der Waals surface area contributed by atoms with Crippen LogP contribution in [0.2, 0.25) is 0 Å². The number of aromatic nitrogens is 1. The van der Waals surface area contributed by atoms with Gasteiger partial charge in [0.2, 0.25) is 5.91 Å². The van der Waals surface area contributed by atoms with E-state index in [1.54, 1.807) is 12.1 Å². The Bertz CT molecular complexity index is 1310. The lowest BCUT2D eigenvalue weighted by Crippen LogP contribution is -2.46. The van der Waals surface area contributed by atoms with Crippen molar-refractivity contribution in [2.75, 3.05) is 17.7 Å². The second kappa shape index (κ2) is 11.0. The van der Waals surface area contributed by atoms with Crippen LogP contribution in [0.4, 0.5) is 11.4 Å². The number of benzene rings is 2. The molecule has 0 bridgehead atoms. The second-order valence-electron chi connectivity index (χ2n) is 9.29. The monoisotopic (exact) mass is 521 g/mol. The van der Waals surface area contributed by atoms with Gasteiger partial charge in [-0.05, 0) is 61.5 Å². The molecule has 194 valence electrons. The first-order chi connectivity index (χ1) is 17.7. The first kappa shape index (κ1) is 26.2. The lowest BCUT2D eigenvalue weighted by Gasteiger charge is -2.33. The fourth-order valence-electron chi connectivity index (χ4n) is 4.61. The van der Waals surface area contributed by atoms with Crippen molar-refractivity contribution in [3.8, 4) is 5.75 Å². The zero-order valence-electron chi connectivity index (χ0n) is 21.1. The van der Waals surface area contributed by atoms with E-state index in [1.165, 1.54) is 12.0 Å². The summed E-state index contributed by atoms with van der Waals surface area (Å²) in [4.78, 5) is 41.4. The highest BCUT2D eigenvalue weighted by Crippen LogP contribution is 2.39. The highest BCUT2D eigenvalue weighted by Gasteiger charge is 2.38. The minimum absolute atomic E-state index is 0.0168. The summed E-state index contributed by atoms with van der Waals surface area (Å²) in [6.45, 7) is 3.84. The molecule has 0 aliphatic heterocycles. The Balaban J connectivity index is 1.91. The second-order valence-corrected chi connectivity index (χ2v) is 10.1. The van der Waals surface area contributed by atoms with E-state index >= 15 is 0 Å². The van der Waals surface area contributed by atoms with Crippen LogP contribution >= 0.6 is 11.5 Å². The number of nitrogens with two attached hydrogens (primary N) is 2. The molecule has 0 spiro atoms. The lowest BCUT2D eigenvalue weighted by molar-refractivity contribution is -0.123. The number of hydrogen-bond acceptors (Lipinski definition) is 7. The summed E-state index contributed by atoms with van der Waals surface area (Å²) < 4.78 is 9.62. The van der Waals surface area contributed by atoms with Gasteiger partial charge in [-0.15, -0.1) is 0 Å². The number of ether oxygens (including phenoxy) is 1. The topological polar surface area (TPSA) is 141 Å². The smallest absolute Gasteiger partial charge is 0.273 e. The molecule has 10 heteroatoms. The number of primary amides is 1. The van der Waals surface area contributed by atoms with Crippen molar-refractivity contribution in [1.29, 1.82) is 0 Å². The molecule has 5 N–H and O–H groups in total. The summed E-state index contributed by atoms with van der Waals surface area (Å²) in [6, 6.07) is 11.8. The zero-order chi connectivity index (χ0) is 26.7. The Morgan fingerprint density at radius 1 is 1.08 bits per heavy atom. The van der Waals surface area contributed by atoms with Crippen LogP contribution in [0.3, 0.4) is 0 Å². The number of nitrogen functional groups attached to an aromatic ring is 1. The van der Waals surface area contributed by atoms with E-state index in [0.29, 0.717) is 17.0 Å². The summed E-state index contributed by atoms with van der Waals surface area (Å²) in [5.74, 6) is -1.33. The largest absolute Gasteiger partial charge is 0.495 e. The fraction of sp³-hybridized carbons (Fsp3) is 0.333. The number of nitrogens with one attached hydrogen (secondary N) is 1. The fourth-order valence-corrected chi connectivity index (χ4v) is 5.35. The molecule has 1 atom stereocenters. The average Bonchev–Trinajstić information content (AvgIpc) is 3.52. The van der Waals surface area contributed by atoms with Crippen molar-refractivity contribution in [3.05, 3.63) is 69.7 Å². The van der Waals surface area contributed by atoms with Crippen LogP contribution in [-0.2, 0) is 4.79 Å². The minimum Gasteiger partial charge on any atom is -0.495 e. The van der Waals surface area contributed by atoms with Gasteiger partial charge in [0.1, 0.15) is 16.7 Å². The predicted molar refractivity (Wildman–Crippen MR) is 144 cm³/mol. The summed E-state index contributed by atoms with van der Waals surface area (Å²) in [5, 5.41) is 3.15. The Kier molecular flexibility index (Phi) is 7.77. The van der Waals surface area contributed by atoms with E-state index in [2.05, 4.69) is 9.69 Å². The van der Waals surface area contributed by atoms with Crippen molar-refractivity contribution in [2.45, 2.75) is 51.6 Å². The molecule has 1 aliphatic rings. The van der Waals surface area contributed by atoms with E-state index in [9.17, 15) is 14.4 Å². The normalized spacial score (nSPS) is 14.2. The van der Waals surface area contributed by atoms with Gasteiger partial charge in [-0.25, -0.2) is 0 Å². The number of hydrogen-bond donors (Lipinski definition) is 3. The lowest BCUT2D eigenvalue weighted by atomic mass is 10.00. The van der Waals surface area contributed by atoms with Gasteiger partial charge >= 0.3 is 0 Å². The van der Waals surface area contributed by atoms with E-state index < -0.39 is 17.9 Å². The summed E-state index contributed by atoms with van der Waals surface area (Å²) in [5.41, 5.74) is 14.2. The Morgan fingerprint density at radius 3 is 2.32 bits per heavy atom. The molecule has 1 aromatic heterocycles. The minimum atomic E-state index is -1.04. The first-order valence-corrected chi connectivity index (χ1v) is 12.9. The predicted octanol–water partition coefficient (Wildman–Crippen LogP) is 3.90. The van der Waals surface area contributed by atoms with Gasteiger partial charge in [0.15, 0.2) is 5.69 Å². The number of anilines is 2. The number of amides is 3. The van der Waals surface area contributed by atoms with Gasteiger partial charge < -0.3 is 21.5 Å². The Morgan fingerprint density at radius 2 is 1.73 bits per heavy atom. The molecule has 0 radical (unpaired) electrons. The molecule has 4 rings (SSSR count). The third-order valence-electron chi connectivity index (χ3n) is 6.57. The number of carbonyl (C=O) groups is 3. The molecule has 0 unspecified atom stereocenters. The van der Waals surface area contributed by atoms with Gasteiger partial charge in [-0.1, -0.05) is 48.7 Å². The molecule has 37 heavy (non-hydrogen) atoms. The summed E-state index contributed by atoms with van der Waals surface area (Å²) >= 11 is 0.773. The number of rotatable bonds is 8. The molecule has 1 heterocycles. The summed E-state index contributed by atoms with van der Waals surface area (Å²) in [7, 11) is 1.50. The van der Waals surface area contributed by atoms with E-state index in [1.807, 2.05) is 44.2 Å². The third-order valence-corrected chi connectivity index (χ3v) is 7.42. The first-order valence-electron chi connectivity index (χ1n) is 12.1. The maximum Gasteiger partial charge on any atom is 0.273 e. The highest BCUT2D eigenvalue weighted by molar-refractivity contribution is 7.09. The van der Waals surface area contributed by atoms with Crippen LogP contribution in [0.25, 0.3) is 0 Å². The van der Waals surface area contributed by atoms with Gasteiger partial charge in [0, 0.05) is 6.04 Å². The number of nitrogens with zero attached hydrogens (tertiary/aromatic N) is 2. The standard InChI is InChI=1S/C27H31N5O4S/c1-15-8-11-17(12-9-15)23(26(34)30-18-6-4-5-7-18)32(19-14-16(2)10-13-20(19)36-3)27(35)24-21(28)22(25(29)33)31-37-24/h8-14,18,23H,4-7,28H2,1-3H3,(H2,29,33)(H,30,34)/t23-/m0/s1. The number of aryl methyl sites for hydroxylation is 2. The average molecular weight is 522 g/mol. The molecular weight excluding hydrogens is 490 g/mol. The van der Waals surface area contributed by atoms with Crippen LogP contribution in [-0.4, -0.2) is 35.2 Å². The van der Waals surface area contributed by atoms with Gasteiger partial charge in [0.05, 0.1) is 18.5 Å². The molecule has 1 fully saturated rings. The quantitative estimate of drug-likeness (QED) is 0.411. The van der Waals surface area contributed by atoms with Gasteiger partial charge in [0.25, 0.3) is 11.8 Å². The van der Waals surface area contributed by atoms with Crippen LogP contribution in [0.1, 0.15) is 68.6 Å². The van der Waals surface area contributed by atoms with Crippen LogP contribution in [0.15, 0.2) is 42.5 Å². The Hall–Kier alpha value is -3.92. The third kappa shape index (κ3) is 5.43. The molecule has 0 saturated heterocycles. The number of methoxy groups -OCH3 is 1. The van der Waals surface area contributed by atoms with Crippen molar-refractivity contribution in [2.24, 2.45) is 5.73 Å². The van der Waals surface area contributed by atoms with E-state index in [4.69, 9.17) is 16.2 Å². The van der Waals surface area contributed by atoms with Crippen molar-refractivity contribution in [1.82, 2.24) is 9.69 Å². The van der Waals surface area contributed by atoms with Crippen LogP contribution < -0.4 is 26.4 Å². The molecule has 1 aliphatic carbocycles. The maximum atomic E-state index is 14.2. The zero-order valence-corrected chi connectivity index (χ0v) is 21.9. The van der Waals surface area contributed by atoms with Gasteiger partial charge in [-0.2, -0.15) is 4.37 Å². The van der Waals surface area contributed by atoms with E-state index in [-0.39, 0.29) is 28.2 Å². The van der Waals surface area contributed by atoms with Crippen molar-refractivity contribution in [3.63, 3.8) is 0 Å².